The number of hydrogen-bond donors (Lipinski definition) is 1. The van der Waals surface area contributed by atoms with Crippen LogP contribution in [0.1, 0.15) is 59.3 Å². The maximum absolute atomic E-state index is 12.6. The summed E-state index contributed by atoms with van der Waals surface area (Å²) in [5, 5.41) is 2.47. The Bertz CT molecular complexity index is 569. The molecule has 30 heavy (non-hydrogen) atoms. The Morgan fingerprint density at radius 2 is 1.57 bits per heavy atom. The predicted octanol–water partition coefficient (Wildman–Crippen LogP) is 2.39. The molecule has 2 unspecified atom stereocenters. The first-order chi connectivity index (χ1) is 14.4. The summed E-state index contributed by atoms with van der Waals surface area (Å²) in [6.07, 6.45) is 1.69. The lowest BCUT2D eigenvalue weighted by atomic mass is 10.2. The van der Waals surface area contributed by atoms with Crippen LogP contribution in [0.2, 0.25) is 0 Å². The van der Waals surface area contributed by atoms with Crippen LogP contribution in [-0.2, 0) is 28.5 Å². The van der Waals surface area contributed by atoms with Crippen molar-refractivity contribution < 1.29 is 38.1 Å². The van der Waals surface area contributed by atoms with Gasteiger partial charge in [0, 0.05) is 6.42 Å². The molecule has 2 amide bonds. The molecule has 0 bridgehead atoms. The number of likely N-dealkylation sites (tertiary alicyclic amines) is 1. The number of esters is 1. The van der Waals surface area contributed by atoms with Crippen LogP contribution in [0, 0.1) is 0 Å². The number of nitrogens with one attached hydrogen (secondary N) is 1. The van der Waals surface area contributed by atoms with Crippen LogP contribution in [0.3, 0.4) is 0 Å². The summed E-state index contributed by atoms with van der Waals surface area (Å²) in [5.74, 6) is -1.10. The van der Waals surface area contributed by atoms with Gasteiger partial charge in [0.25, 0.3) is 0 Å². The van der Waals surface area contributed by atoms with Gasteiger partial charge >= 0.3 is 18.2 Å². The van der Waals surface area contributed by atoms with Gasteiger partial charge in [0.05, 0.1) is 26.4 Å². The highest BCUT2D eigenvalue weighted by atomic mass is 16.7. The van der Waals surface area contributed by atoms with Gasteiger partial charge in [-0.2, -0.15) is 0 Å². The molecule has 172 valence electrons. The van der Waals surface area contributed by atoms with Crippen LogP contribution in [0.25, 0.3) is 0 Å². The van der Waals surface area contributed by atoms with Gasteiger partial charge in [-0.3, -0.25) is 14.5 Å². The first-order valence-electron chi connectivity index (χ1n) is 10.6. The van der Waals surface area contributed by atoms with Crippen molar-refractivity contribution in [1.82, 2.24) is 10.2 Å². The van der Waals surface area contributed by atoms with Gasteiger partial charge < -0.3 is 24.3 Å². The van der Waals surface area contributed by atoms with E-state index in [1.807, 2.05) is 20.8 Å². The SMILES string of the molecule is CCCCOC(=O)OC1CC(C(=O)NCC(=O)OCCC)N(C(=O)OCCCC)C1. The van der Waals surface area contributed by atoms with Gasteiger partial charge in [0.1, 0.15) is 18.7 Å². The Morgan fingerprint density at radius 3 is 2.20 bits per heavy atom. The highest BCUT2D eigenvalue weighted by Crippen LogP contribution is 2.22. The number of carbonyl (C=O) groups excluding carboxylic acids is 4. The fourth-order valence-electron chi connectivity index (χ4n) is 2.73. The predicted molar refractivity (Wildman–Crippen MR) is 107 cm³/mol. The highest BCUT2D eigenvalue weighted by Gasteiger charge is 2.42. The molecule has 1 rings (SSSR count). The minimum atomic E-state index is -0.924. The first-order valence-corrected chi connectivity index (χ1v) is 10.6. The summed E-state index contributed by atoms with van der Waals surface area (Å²) in [6.45, 7) is 6.23. The molecule has 0 spiro atoms. The molecule has 1 aliphatic heterocycles. The van der Waals surface area contributed by atoms with Crippen molar-refractivity contribution in [3.05, 3.63) is 0 Å². The monoisotopic (exact) mass is 430 g/mol. The van der Waals surface area contributed by atoms with E-state index in [2.05, 4.69) is 5.32 Å². The second-order valence-corrected chi connectivity index (χ2v) is 7.00. The molecule has 0 saturated carbocycles. The Labute approximate surface area is 177 Å². The van der Waals surface area contributed by atoms with Crippen molar-refractivity contribution in [2.75, 3.05) is 32.9 Å². The second kappa shape index (κ2) is 14.5. The number of hydrogen-bond acceptors (Lipinski definition) is 8. The number of nitrogens with zero attached hydrogens (tertiary/aromatic N) is 1. The summed E-state index contributed by atoms with van der Waals surface area (Å²) in [7, 11) is 0. The standard InChI is InChI=1S/C20H34N2O8/c1-4-7-10-28-19(25)22-14-15(30-20(26)29-11-8-5-2)12-16(22)18(24)21-13-17(23)27-9-6-3/h15-16H,4-14H2,1-3H3,(H,21,24). The smallest absolute Gasteiger partial charge is 0.464 e. The highest BCUT2D eigenvalue weighted by molar-refractivity contribution is 5.89. The Hall–Kier alpha value is -2.52. The van der Waals surface area contributed by atoms with E-state index in [4.69, 9.17) is 18.9 Å². The van der Waals surface area contributed by atoms with E-state index in [1.165, 1.54) is 4.90 Å². The molecule has 0 aliphatic carbocycles. The van der Waals surface area contributed by atoms with Gasteiger partial charge in [-0.1, -0.05) is 33.6 Å². The molecule has 10 nitrogen and oxygen atoms in total. The molecule has 0 aromatic rings. The molecular formula is C20H34N2O8. The number of unbranched alkanes of at least 4 members (excludes halogenated alkanes) is 2. The topological polar surface area (TPSA) is 120 Å². The molecule has 0 radical (unpaired) electrons. The third-order valence-corrected chi connectivity index (χ3v) is 4.38. The second-order valence-electron chi connectivity index (χ2n) is 7.00. The molecule has 1 heterocycles. The van der Waals surface area contributed by atoms with Crippen molar-refractivity contribution >= 4 is 24.1 Å². The molecule has 0 aromatic carbocycles. The van der Waals surface area contributed by atoms with Crippen LogP contribution >= 0.6 is 0 Å². The van der Waals surface area contributed by atoms with E-state index in [0.717, 1.165) is 19.3 Å². The first kappa shape index (κ1) is 25.5. The van der Waals surface area contributed by atoms with E-state index >= 15 is 0 Å². The molecule has 10 heteroatoms. The van der Waals surface area contributed by atoms with Crippen LogP contribution in [0.5, 0.6) is 0 Å². The van der Waals surface area contributed by atoms with Gasteiger partial charge in [-0.15, -0.1) is 0 Å². The average Bonchev–Trinajstić information content (AvgIpc) is 3.14. The van der Waals surface area contributed by atoms with E-state index < -0.39 is 36.3 Å². The number of rotatable bonds is 12. The van der Waals surface area contributed by atoms with E-state index in [-0.39, 0.29) is 39.3 Å². The zero-order chi connectivity index (χ0) is 22.4. The van der Waals surface area contributed by atoms with Crippen molar-refractivity contribution in [3.8, 4) is 0 Å². The number of amides is 2. The zero-order valence-corrected chi connectivity index (χ0v) is 18.1. The molecule has 1 fully saturated rings. The largest absolute Gasteiger partial charge is 0.508 e. The normalized spacial score (nSPS) is 17.9. The fourth-order valence-corrected chi connectivity index (χ4v) is 2.73. The van der Waals surface area contributed by atoms with Gasteiger partial charge in [0.15, 0.2) is 0 Å². The third-order valence-electron chi connectivity index (χ3n) is 4.38. The van der Waals surface area contributed by atoms with Crippen molar-refractivity contribution in [2.45, 2.75) is 71.4 Å². The molecule has 2 atom stereocenters. The van der Waals surface area contributed by atoms with E-state index in [0.29, 0.717) is 12.8 Å². The third kappa shape index (κ3) is 9.32. The number of carbonyl (C=O) groups is 4. The van der Waals surface area contributed by atoms with Crippen molar-refractivity contribution in [1.29, 1.82) is 0 Å². The lowest BCUT2D eigenvalue weighted by Crippen LogP contribution is -2.47. The molecular weight excluding hydrogens is 396 g/mol. The summed E-state index contributed by atoms with van der Waals surface area (Å²) in [6, 6.07) is -0.924. The Morgan fingerprint density at radius 1 is 0.900 bits per heavy atom. The minimum Gasteiger partial charge on any atom is -0.464 e. The summed E-state index contributed by atoms with van der Waals surface area (Å²) in [5.41, 5.74) is 0. The van der Waals surface area contributed by atoms with E-state index in [9.17, 15) is 19.2 Å². The maximum Gasteiger partial charge on any atom is 0.508 e. The molecule has 1 saturated heterocycles. The van der Waals surface area contributed by atoms with Gasteiger partial charge in [-0.25, -0.2) is 9.59 Å². The summed E-state index contributed by atoms with van der Waals surface area (Å²) >= 11 is 0. The molecule has 1 N–H and O–H groups in total. The fraction of sp³-hybridized carbons (Fsp3) is 0.800. The average molecular weight is 430 g/mol. The van der Waals surface area contributed by atoms with Crippen LogP contribution in [-0.4, -0.2) is 74.1 Å². The Kier molecular flexibility index (Phi) is 12.3. The molecule has 1 aliphatic rings. The lowest BCUT2D eigenvalue weighted by Gasteiger charge is -2.22. The lowest BCUT2D eigenvalue weighted by molar-refractivity contribution is -0.144. The van der Waals surface area contributed by atoms with Gasteiger partial charge in [0.2, 0.25) is 5.91 Å². The van der Waals surface area contributed by atoms with Crippen molar-refractivity contribution in [2.24, 2.45) is 0 Å². The summed E-state index contributed by atoms with van der Waals surface area (Å²) < 4.78 is 20.3. The zero-order valence-electron chi connectivity index (χ0n) is 18.1. The Balaban J connectivity index is 2.67. The minimum absolute atomic E-state index is 0.00615. The van der Waals surface area contributed by atoms with Crippen molar-refractivity contribution in [3.63, 3.8) is 0 Å². The van der Waals surface area contributed by atoms with Crippen LogP contribution in [0.15, 0.2) is 0 Å². The quantitative estimate of drug-likeness (QED) is 0.285. The van der Waals surface area contributed by atoms with Crippen LogP contribution in [0.4, 0.5) is 9.59 Å². The number of ether oxygens (including phenoxy) is 4. The summed E-state index contributed by atoms with van der Waals surface area (Å²) in [4.78, 5) is 49.6. The van der Waals surface area contributed by atoms with E-state index in [1.54, 1.807) is 0 Å². The van der Waals surface area contributed by atoms with Crippen LogP contribution < -0.4 is 5.32 Å². The molecule has 0 aromatic heterocycles. The maximum atomic E-state index is 12.6. The van der Waals surface area contributed by atoms with Gasteiger partial charge in [-0.05, 0) is 19.3 Å².